The van der Waals surface area contributed by atoms with Crippen molar-refractivity contribution >= 4 is 45.2 Å². The number of amides is 1. The molecule has 1 aromatic heterocycles. The van der Waals surface area contributed by atoms with Crippen molar-refractivity contribution in [3.05, 3.63) is 64.5 Å². The maximum Gasteiger partial charge on any atom is 0.326 e. The molecule has 0 N–H and O–H groups in total. The molecule has 3 rings (SSSR count). The number of carbonyl (C=O) groups is 2. The number of hydrogen-bond acceptors (Lipinski definition) is 5. The lowest BCUT2D eigenvalue weighted by Gasteiger charge is -2.07. The monoisotopic (exact) mass is 470 g/mol. The SMILES string of the molecule is CCOC(=O)Cn1c(=NC(=O)CCCSCc2ccccc2)sc2cc(C(C)C)ccc21. The van der Waals surface area contributed by atoms with Crippen LogP contribution in [0, 0.1) is 0 Å². The van der Waals surface area contributed by atoms with Gasteiger partial charge in [0.05, 0.1) is 16.8 Å². The van der Waals surface area contributed by atoms with E-state index in [1.807, 2.05) is 36.0 Å². The van der Waals surface area contributed by atoms with Crippen molar-refractivity contribution in [2.75, 3.05) is 12.4 Å². The summed E-state index contributed by atoms with van der Waals surface area (Å²) in [5.74, 6) is 1.77. The number of fused-ring (bicyclic) bond motifs is 1. The summed E-state index contributed by atoms with van der Waals surface area (Å²) in [6.45, 7) is 6.45. The van der Waals surface area contributed by atoms with Crippen LogP contribution in [0.25, 0.3) is 10.2 Å². The number of rotatable bonds is 10. The smallest absolute Gasteiger partial charge is 0.326 e. The number of hydrogen-bond donors (Lipinski definition) is 0. The van der Waals surface area contributed by atoms with Gasteiger partial charge >= 0.3 is 5.97 Å². The van der Waals surface area contributed by atoms with Gasteiger partial charge in [0.25, 0.3) is 0 Å². The van der Waals surface area contributed by atoms with Crippen molar-refractivity contribution in [2.24, 2.45) is 4.99 Å². The summed E-state index contributed by atoms with van der Waals surface area (Å²) in [4.78, 5) is 29.6. The van der Waals surface area contributed by atoms with Crippen molar-refractivity contribution in [3.8, 4) is 0 Å². The molecule has 0 aliphatic rings. The van der Waals surface area contributed by atoms with E-state index in [1.165, 1.54) is 22.5 Å². The van der Waals surface area contributed by atoms with Crippen LogP contribution in [0.5, 0.6) is 0 Å². The molecular formula is C25H30N2O3S2. The van der Waals surface area contributed by atoms with Crippen LogP contribution in [0.2, 0.25) is 0 Å². The van der Waals surface area contributed by atoms with Gasteiger partial charge in [-0.1, -0.05) is 61.6 Å². The number of carbonyl (C=O) groups excluding carboxylic acids is 2. The van der Waals surface area contributed by atoms with E-state index < -0.39 is 0 Å². The molecule has 3 aromatic rings. The first-order chi connectivity index (χ1) is 15.5. The van der Waals surface area contributed by atoms with Gasteiger partial charge in [0.15, 0.2) is 4.80 Å². The van der Waals surface area contributed by atoms with Crippen molar-refractivity contribution in [1.29, 1.82) is 0 Å². The fourth-order valence-electron chi connectivity index (χ4n) is 3.28. The highest BCUT2D eigenvalue weighted by molar-refractivity contribution is 7.98. The first kappa shape index (κ1) is 24.3. The van der Waals surface area contributed by atoms with Crippen molar-refractivity contribution in [2.45, 2.75) is 51.8 Å². The molecule has 0 saturated heterocycles. The molecule has 0 aliphatic carbocycles. The average Bonchev–Trinajstić information content (AvgIpc) is 3.10. The maximum atomic E-state index is 12.6. The predicted molar refractivity (Wildman–Crippen MR) is 133 cm³/mol. The molecule has 170 valence electrons. The number of nitrogens with zero attached hydrogens (tertiary/aromatic N) is 2. The Kier molecular flexibility index (Phi) is 9.11. The van der Waals surface area contributed by atoms with E-state index in [1.54, 1.807) is 11.5 Å². The molecule has 0 spiro atoms. The standard InChI is InChI=1S/C25H30N2O3S2/c1-4-30-24(29)16-27-21-13-12-20(18(2)3)15-22(21)32-25(27)26-23(28)11-8-14-31-17-19-9-6-5-7-10-19/h5-7,9-10,12-13,15,18H,4,8,11,14,16-17H2,1-3H3. The van der Waals surface area contributed by atoms with Crippen LogP contribution in [-0.2, 0) is 26.6 Å². The van der Waals surface area contributed by atoms with E-state index in [0.717, 1.165) is 28.1 Å². The third kappa shape index (κ3) is 6.81. The van der Waals surface area contributed by atoms with Crippen LogP contribution in [0.4, 0.5) is 0 Å². The van der Waals surface area contributed by atoms with Gasteiger partial charge in [-0.15, -0.1) is 0 Å². The quantitative estimate of drug-likeness (QED) is 0.289. The molecule has 0 radical (unpaired) electrons. The third-order valence-electron chi connectivity index (χ3n) is 4.98. The second-order valence-corrected chi connectivity index (χ2v) is 9.92. The Morgan fingerprint density at radius 1 is 1.16 bits per heavy atom. The van der Waals surface area contributed by atoms with Gasteiger partial charge in [0.1, 0.15) is 6.54 Å². The number of thioether (sulfide) groups is 1. The summed E-state index contributed by atoms with van der Waals surface area (Å²) in [5.41, 5.74) is 3.41. The fraction of sp³-hybridized carbons (Fsp3) is 0.400. The summed E-state index contributed by atoms with van der Waals surface area (Å²) >= 11 is 3.27. The lowest BCUT2D eigenvalue weighted by Crippen LogP contribution is -2.23. The van der Waals surface area contributed by atoms with Gasteiger partial charge in [-0.2, -0.15) is 16.8 Å². The lowest BCUT2D eigenvalue weighted by molar-refractivity contribution is -0.143. The molecule has 32 heavy (non-hydrogen) atoms. The van der Waals surface area contributed by atoms with E-state index in [9.17, 15) is 9.59 Å². The average molecular weight is 471 g/mol. The highest BCUT2D eigenvalue weighted by Crippen LogP contribution is 2.24. The normalized spacial score (nSPS) is 11.9. The van der Waals surface area contributed by atoms with Crippen LogP contribution in [0.3, 0.4) is 0 Å². The number of ether oxygens (including phenoxy) is 1. The molecule has 1 amide bonds. The summed E-state index contributed by atoms with van der Waals surface area (Å²) in [6.07, 6.45) is 1.17. The molecular weight excluding hydrogens is 440 g/mol. The zero-order chi connectivity index (χ0) is 22.9. The van der Waals surface area contributed by atoms with Crippen LogP contribution < -0.4 is 4.80 Å². The second kappa shape index (κ2) is 12.0. The molecule has 0 bridgehead atoms. The number of aromatic nitrogens is 1. The van der Waals surface area contributed by atoms with Gasteiger partial charge in [-0.05, 0) is 48.3 Å². The van der Waals surface area contributed by atoms with E-state index in [4.69, 9.17) is 4.74 Å². The molecule has 0 aliphatic heterocycles. The minimum absolute atomic E-state index is 0.0495. The fourth-order valence-corrected chi connectivity index (χ4v) is 5.29. The van der Waals surface area contributed by atoms with Gasteiger partial charge in [-0.25, -0.2) is 0 Å². The third-order valence-corrected chi connectivity index (χ3v) is 7.13. The van der Waals surface area contributed by atoms with Gasteiger partial charge in [0.2, 0.25) is 5.91 Å². The minimum Gasteiger partial charge on any atom is -0.465 e. The molecule has 0 atom stereocenters. The maximum absolute atomic E-state index is 12.6. The Hall–Kier alpha value is -2.38. The van der Waals surface area contributed by atoms with Crippen molar-refractivity contribution in [3.63, 3.8) is 0 Å². The highest BCUT2D eigenvalue weighted by Gasteiger charge is 2.13. The number of benzene rings is 2. The Labute approximate surface area is 197 Å². The summed E-state index contributed by atoms with van der Waals surface area (Å²) in [7, 11) is 0. The predicted octanol–water partition coefficient (Wildman–Crippen LogP) is 5.53. The van der Waals surface area contributed by atoms with E-state index in [2.05, 4.69) is 43.1 Å². The van der Waals surface area contributed by atoms with Gasteiger partial charge < -0.3 is 9.30 Å². The molecule has 7 heteroatoms. The summed E-state index contributed by atoms with van der Waals surface area (Å²) in [6, 6.07) is 16.5. The number of thiazole rings is 1. The molecule has 0 saturated carbocycles. The zero-order valence-corrected chi connectivity index (χ0v) is 20.5. The molecule has 0 unspecified atom stereocenters. The van der Waals surface area contributed by atoms with Crippen LogP contribution in [0.1, 0.15) is 50.7 Å². The van der Waals surface area contributed by atoms with E-state index in [0.29, 0.717) is 23.7 Å². The van der Waals surface area contributed by atoms with Crippen LogP contribution in [0.15, 0.2) is 53.5 Å². The van der Waals surface area contributed by atoms with E-state index in [-0.39, 0.29) is 18.4 Å². The number of esters is 1. The Morgan fingerprint density at radius 3 is 2.66 bits per heavy atom. The van der Waals surface area contributed by atoms with Crippen LogP contribution >= 0.6 is 23.1 Å². The minimum atomic E-state index is -0.327. The van der Waals surface area contributed by atoms with Crippen molar-refractivity contribution in [1.82, 2.24) is 4.57 Å². The zero-order valence-electron chi connectivity index (χ0n) is 18.9. The first-order valence-electron chi connectivity index (χ1n) is 11.0. The van der Waals surface area contributed by atoms with Crippen molar-refractivity contribution < 1.29 is 14.3 Å². The Morgan fingerprint density at radius 2 is 1.94 bits per heavy atom. The van der Waals surface area contributed by atoms with E-state index >= 15 is 0 Å². The molecule has 0 fully saturated rings. The molecule has 2 aromatic carbocycles. The Balaban J connectivity index is 1.71. The first-order valence-corrected chi connectivity index (χ1v) is 12.9. The second-order valence-electron chi connectivity index (χ2n) is 7.80. The van der Waals surface area contributed by atoms with Gasteiger partial charge in [-0.3, -0.25) is 9.59 Å². The summed E-state index contributed by atoms with van der Waals surface area (Å²) < 4.78 is 7.94. The largest absolute Gasteiger partial charge is 0.465 e. The lowest BCUT2D eigenvalue weighted by atomic mass is 10.0. The highest BCUT2D eigenvalue weighted by atomic mass is 32.2. The van der Waals surface area contributed by atoms with Crippen LogP contribution in [-0.4, -0.2) is 28.8 Å². The Bertz CT molecular complexity index is 1120. The molecule has 5 nitrogen and oxygen atoms in total. The topological polar surface area (TPSA) is 60.7 Å². The molecule has 1 heterocycles. The summed E-state index contributed by atoms with van der Waals surface area (Å²) in [5, 5.41) is 0. The van der Waals surface area contributed by atoms with Gasteiger partial charge in [0, 0.05) is 12.2 Å².